The molecule has 0 bridgehead atoms. The zero-order valence-electron chi connectivity index (χ0n) is 39.9. The Morgan fingerprint density at radius 2 is 1.32 bits per heavy atom. The summed E-state index contributed by atoms with van der Waals surface area (Å²) in [5, 5.41) is 129. The molecular weight excluding hydrogens is 897 g/mol. The number of allylic oxidation sites excluding steroid dienone is 2. The van der Waals surface area contributed by atoms with Gasteiger partial charge >= 0.3 is 11.9 Å². The van der Waals surface area contributed by atoms with Crippen LogP contribution in [0.2, 0.25) is 0 Å². The van der Waals surface area contributed by atoms with Crippen LogP contribution in [0.1, 0.15) is 106 Å². The monoisotopic (exact) mass is 972 g/mol. The summed E-state index contributed by atoms with van der Waals surface area (Å²) in [5.74, 6) is -2.03. The first kappa shape index (κ1) is 52.4. The Morgan fingerprint density at radius 1 is 0.691 bits per heavy atom. The molecule has 5 aliphatic carbocycles. The van der Waals surface area contributed by atoms with Gasteiger partial charge in [-0.15, -0.1) is 0 Å². The fourth-order valence-electron chi connectivity index (χ4n) is 14.9. The summed E-state index contributed by atoms with van der Waals surface area (Å²) < 4.78 is 34.5. The van der Waals surface area contributed by atoms with Crippen LogP contribution in [-0.4, -0.2) is 191 Å². The molecule has 12 N–H and O–H groups in total. The predicted molar refractivity (Wildman–Crippen MR) is 232 cm³/mol. The van der Waals surface area contributed by atoms with Crippen LogP contribution in [0.4, 0.5) is 0 Å². The maximum absolute atomic E-state index is 15.0. The quantitative estimate of drug-likeness (QED) is 0.0942. The van der Waals surface area contributed by atoms with E-state index in [2.05, 4.69) is 26.8 Å². The van der Waals surface area contributed by atoms with Gasteiger partial charge in [-0.05, 0) is 112 Å². The smallest absolute Gasteiger partial charge is 0.315 e. The van der Waals surface area contributed by atoms with Gasteiger partial charge in [0.05, 0.1) is 42.9 Å². The highest BCUT2D eigenvalue weighted by Crippen LogP contribution is 2.76. The third kappa shape index (κ3) is 7.94. The van der Waals surface area contributed by atoms with Crippen LogP contribution in [0, 0.1) is 50.2 Å². The van der Waals surface area contributed by atoms with Gasteiger partial charge in [-0.3, -0.25) is 9.59 Å². The van der Waals surface area contributed by atoms with Crippen molar-refractivity contribution in [2.24, 2.45) is 50.2 Å². The summed E-state index contributed by atoms with van der Waals surface area (Å²) in [6, 6.07) is 0. The molecule has 20 nitrogen and oxygen atoms in total. The predicted octanol–water partition coefficient (Wildman–Crippen LogP) is -0.795. The van der Waals surface area contributed by atoms with E-state index in [-0.39, 0.29) is 48.5 Å². The molecule has 0 amide bonds. The fraction of sp³-hybridized carbons (Fsp3) is 0.917. The molecule has 20 heteroatoms. The van der Waals surface area contributed by atoms with Crippen LogP contribution < -0.4 is 0 Å². The Labute approximate surface area is 396 Å². The minimum absolute atomic E-state index is 0.0829. The van der Waals surface area contributed by atoms with Crippen molar-refractivity contribution in [3.05, 3.63) is 11.6 Å². The lowest BCUT2D eigenvalue weighted by atomic mass is 9.33. The lowest BCUT2D eigenvalue weighted by molar-refractivity contribution is -0.361. The zero-order valence-corrected chi connectivity index (χ0v) is 39.9. The summed E-state index contributed by atoms with van der Waals surface area (Å²) in [5.41, 5.74) is -2.99. The SMILES string of the molecule is CC1OC(OC2C(CO)OC(OCC3OC(OC(=O)C45CCC(C)(C(=O)O)CC4C4=CCC6C7(C)CCC(O)C(C)(CO)C7CCC6(C)C4(C)CC5)C(O)C(O)C3O)C(O)C2O)C(O)C(O)C1O. The Balaban J connectivity index is 0.997. The van der Waals surface area contributed by atoms with Crippen LogP contribution in [0.3, 0.4) is 0 Å². The van der Waals surface area contributed by atoms with E-state index in [1.165, 1.54) is 6.92 Å². The third-order valence-electron chi connectivity index (χ3n) is 19.7. The second-order valence-electron chi connectivity index (χ2n) is 23.0. The van der Waals surface area contributed by atoms with Crippen molar-refractivity contribution in [3.8, 4) is 0 Å². The average molecular weight is 973 g/mol. The standard InChI is InChI=1S/C48H76O20/c1-21-29(52)31(54)34(57)39(64-21)67-37-24(18-49)65-38(36(59)33(37)56)63-19-25-30(53)32(55)35(58)40(66-25)68-42(62)48-15-13-43(2,41(60)61)17-23(48)22-7-8-27-44(3)11-10-28(51)45(4,20-50)26(44)9-12-47(27,6)46(22,5)14-16-48/h7,21,23-40,49-59H,8-20H2,1-6H3,(H,60,61). The fourth-order valence-corrected chi connectivity index (χ4v) is 14.9. The van der Waals surface area contributed by atoms with Gasteiger partial charge in [0, 0.05) is 5.41 Å². The van der Waals surface area contributed by atoms with E-state index < -0.39 is 151 Å². The number of rotatable bonds is 10. The number of hydrogen-bond acceptors (Lipinski definition) is 19. The molecule has 25 unspecified atom stereocenters. The number of aliphatic hydroxyl groups excluding tert-OH is 11. The van der Waals surface area contributed by atoms with Crippen LogP contribution in [0.5, 0.6) is 0 Å². The largest absolute Gasteiger partial charge is 0.481 e. The molecule has 8 rings (SSSR count). The van der Waals surface area contributed by atoms with E-state index in [4.69, 9.17) is 28.4 Å². The van der Waals surface area contributed by atoms with Crippen molar-refractivity contribution in [2.75, 3.05) is 19.8 Å². The van der Waals surface area contributed by atoms with Gasteiger partial charge in [0.1, 0.15) is 67.1 Å². The zero-order chi connectivity index (χ0) is 49.8. The number of carbonyl (C=O) groups excluding carboxylic acids is 1. The Bertz CT molecular complexity index is 1900. The van der Waals surface area contributed by atoms with E-state index in [9.17, 15) is 70.9 Å². The highest BCUT2D eigenvalue weighted by Gasteiger charge is 2.71. The number of aliphatic hydroxyl groups is 11. The summed E-state index contributed by atoms with van der Waals surface area (Å²) in [6.07, 6.45) is -18.3. The molecule has 0 aromatic heterocycles. The second kappa shape index (κ2) is 18.5. The molecule has 3 aliphatic heterocycles. The molecule has 3 heterocycles. The second-order valence-corrected chi connectivity index (χ2v) is 23.0. The maximum Gasteiger partial charge on any atom is 0.315 e. The van der Waals surface area contributed by atoms with Crippen molar-refractivity contribution in [1.29, 1.82) is 0 Å². The summed E-state index contributed by atoms with van der Waals surface area (Å²) in [4.78, 5) is 27.9. The molecule has 25 atom stereocenters. The minimum atomic E-state index is -1.93. The number of hydrogen-bond donors (Lipinski definition) is 12. The molecule has 388 valence electrons. The molecular formula is C48H76O20. The summed E-state index contributed by atoms with van der Waals surface area (Å²) in [6.45, 7) is 10.4. The number of carboxylic acid groups (broad SMARTS) is 1. The number of esters is 1. The Morgan fingerprint density at radius 3 is 1.99 bits per heavy atom. The third-order valence-corrected chi connectivity index (χ3v) is 19.7. The van der Waals surface area contributed by atoms with Crippen molar-refractivity contribution < 1.29 is 99.3 Å². The topological polar surface area (TPSA) is 332 Å². The number of carboxylic acids is 1. The van der Waals surface area contributed by atoms with Crippen molar-refractivity contribution in [1.82, 2.24) is 0 Å². The molecule has 0 radical (unpaired) electrons. The molecule has 4 saturated carbocycles. The van der Waals surface area contributed by atoms with Crippen LogP contribution >= 0.6 is 0 Å². The lowest BCUT2D eigenvalue weighted by Crippen LogP contribution is -2.66. The molecule has 0 aromatic carbocycles. The number of aliphatic carboxylic acids is 1. The first-order chi connectivity index (χ1) is 31.8. The first-order valence-electron chi connectivity index (χ1n) is 24.5. The van der Waals surface area contributed by atoms with Gasteiger partial charge in [-0.2, -0.15) is 0 Å². The molecule has 0 aromatic rings. The average Bonchev–Trinajstić information content (AvgIpc) is 3.30. The van der Waals surface area contributed by atoms with Crippen molar-refractivity contribution >= 4 is 11.9 Å². The van der Waals surface area contributed by atoms with Gasteiger partial charge in [0.25, 0.3) is 0 Å². The summed E-state index contributed by atoms with van der Waals surface area (Å²) >= 11 is 0. The van der Waals surface area contributed by atoms with Gasteiger partial charge in [0.15, 0.2) is 12.6 Å². The number of carbonyl (C=O) groups is 2. The van der Waals surface area contributed by atoms with Gasteiger partial charge in [-0.1, -0.05) is 39.3 Å². The van der Waals surface area contributed by atoms with E-state index in [0.29, 0.717) is 25.7 Å². The summed E-state index contributed by atoms with van der Waals surface area (Å²) in [7, 11) is 0. The maximum atomic E-state index is 15.0. The number of ether oxygens (including phenoxy) is 6. The van der Waals surface area contributed by atoms with E-state index in [0.717, 1.165) is 24.8 Å². The van der Waals surface area contributed by atoms with E-state index in [1.54, 1.807) is 6.92 Å². The highest BCUT2D eigenvalue weighted by molar-refractivity contribution is 5.81. The lowest BCUT2D eigenvalue weighted by Gasteiger charge is -2.71. The van der Waals surface area contributed by atoms with Crippen LogP contribution in [0.15, 0.2) is 11.6 Å². The van der Waals surface area contributed by atoms with Gasteiger partial charge in [-0.25, -0.2) is 0 Å². The van der Waals surface area contributed by atoms with E-state index >= 15 is 0 Å². The molecule has 8 aliphatic rings. The molecule has 0 spiro atoms. The first-order valence-corrected chi connectivity index (χ1v) is 24.5. The Kier molecular flexibility index (Phi) is 14.3. The molecule has 68 heavy (non-hydrogen) atoms. The Hall–Kier alpha value is -1.96. The van der Waals surface area contributed by atoms with Crippen LogP contribution in [-0.2, 0) is 38.0 Å². The van der Waals surface area contributed by atoms with Gasteiger partial charge < -0.3 is 89.7 Å². The van der Waals surface area contributed by atoms with Gasteiger partial charge in [0.2, 0.25) is 6.29 Å². The number of fused-ring (bicyclic) bond motifs is 7. The van der Waals surface area contributed by atoms with Crippen LogP contribution in [0.25, 0.3) is 0 Å². The van der Waals surface area contributed by atoms with E-state index in [1.807, 2.05) is 6.92 Å². The molecule has 7 fully saturated rings. The normalized spacial score (nSPS) is 54.8. The minimum Gasteiger partial charge on any atom is -0.481 e. The van der Waals surface area contributed by atoms with Crippen molar-refractivity contribution in [3.63, 3.8) is 0 Å². The molecule has 3 saturated heterocycles. The van der Waals surface area contributed by atoms with Crippen molar-refractivity contribution in [2.45, 2.75) is 204 Å². The highest BCUT2D eigenvalue weighted by atomic mass is 16.8.